The first-order valence-electron chi connectivity index (χ1n) is 8.65. The fourth-order valence-electron chi connectivity index (χ4n) is 2.84. The van der Waals surface area contributed by atoms with E-state index in [1.807, 2.05) is 47.8 Å². The van der Waals surface area contributed by atoms with Gasteiger partial charge in [0.25, 0.3) is 0 Å². The van der Waals surface area contributed by atoms with Crippen LogP contribution >= 0.6 is 11.3 Å². The number of thiazole rings is 1. The van der Waals surface area contributed by atoms with Gasteiger partial charge in [0.05, 0.1) is 22.8 Å². The van der Waals surface area contributed by atoms with Crippen LogP contribution in [0.5, 0.6) is 0 Å². The molecule has 0 radical (unpaired) electrons. The summed E-state index contributed by atoms with van der Waals surface area (Å²) < 4.78 is 0. The largest absolute Gasteiger partial charge is 0.325 e. The minimum atomic E-state index is 0.381. The number of hydrogen-bond donors (Lipinski definition) is 2. The predicted molar refractivity (Wildman–Crippen MR) is 110 cm³/mol. The van der Waals surface area contributed by atoms with Crippen molar-refractivity contribution in [2.24, 2.45) is 11.5 Å². The third-order valence-electron chi connectivity index (χ3n) is 4.20. The van der Waals surface area contributed by atoms with Crippen molar-refractivity contribution in [3.8, 4) is 33.2 Å². The van der Waals surface area contributed by atoms with Crippen molar-refractivity contribution >= 4 is 11.3 Å². The number of aromatic nitrogens is 3. The topological polar surface area (TPSA) is 90.7 Å². The van der Waals surface area contributed by atoms with E-state index in [1.165, 1.54) is 0 Å². The van der Waals surface area contributed by atoms with Crippen LogP contribution in [0.25, 0.3) is 33.2 Å². The molecule has 0 spiro atoms. The number of benzene rings is 1. The van der Waals surface area contributed by atoms with E-state index in [1.54, 1.807) is 11.3 Å². The maximum Gasteiger partial charge on any atom is 0.142 e. The van der Waals surface area contributed by atoms with Gasteiger partial charge in [-0.15, -0.1) is 11.3 Å². The molecule has 0 fully saturated rings. The van der Waals surface area contributed by atoms with Crippen molar-refractivity contribution in [3.05, 3.63) is 77.4 Å². The van der Waals surface area contributed by atoms with Crippen LogP contribution in [0.4, 0.5) is 0 Å². The van der Waals surface area contributed by atoms with E-state index in [-0.39, 0.29) is 0 Å². The zero-order valence-corrected chi connectivity index (χ0v) is 15.5. The highest BCUT2D eigenvalue weighted by Crippen LogP contribution is 2.30. The van der Waals surface area contributed by atoms with Crippen LogP contribution < -0.4 is 11.5 Å². The molecule has 0 aliphatic carbocycles. The first-order chi connectivity index (χ1) is 13.3. The highest BCUT2D eigenvalue weighted by atomic mass is 32.1. The summed E-state index contributed by atoms with van der Waals surface area (Å²) in [6.07, 6.45) is 0. The third-order valence-corrected chi connectivity index (χ3v) is 5.06. The van der Waals surface area contributed by atoms with E-state index >= 15 is 0 Å². The number of nitrogens with zero attached hydrogens (tertiary/aromatic N) is 3. The van der Waals surface area contributed by atoms with Crippen LogP contribution in [0, 0.1) is 0 Å². The molecule has 27 heavy (non-hydrogen) atoms. The molecule has 4 rings (SSSR count). The van der Waals surface area contributed by atoms with Crippen LogP contribution in [0.2, 0.25) is 0 Å². The second kappa shape index (κ2) is 7.75. The normalized spacial score (nSPS) is 10.9. The van der Waals surface area contributed by atoms with Crippen LogP contribution in [0.3, 0.4) is 0 Å². The van der Waals surface area contributed by atoms with Crippen molar-refractivity contribution in [3.63, 3.8) is 0 Å². The van der Waals surface area contributed by atoms with Gasteiger partial charge in [-0.25, -0.2) is 15.0 Å². The van der Waals surface area contributed by atoms with Crippen molar-refractivity contribution in [2.75, 3.05) is 0 Å². The molecule has 0 unspecified atom stereocenters. The van der Waals surface area contributed by atoms with Gasteiger partial charge >= 0.3 is 0 Å². The molecule has 1 aromatic carbocycles. The Balaban J connectivity index is 1.74. The summed E-state index contributed by atoms with van der Waals surface area (Å²) in [7, 11) is 0. The quantitative estimate of drug-likeness (QED) is 0.554. The summed E-state index contributed by atoms with van der Waals surface area (Å²) in [5.74, 6) is 0. The van der Waals surface area contributed by atoms with E-state index in [0.717, 1.165) is 44.6 Å². The Morgan fingerprint density at radius 1 is 0.667 bits per heavy atom. The third kappa shape index (κ3) is 3.78. The summed E-state index contributed by atoms with van der Waals surface area (Å²) in [5, 5.41) is 2.84. The van der Waals surface area contributed by atoms with Gasteiger partial charge in [0, 0.05) is 18.5 Å². The molecule has 0 saturated heterocycles. The minimum absolute atomic E-state index is 0.381. The number of rotatable bonds is 5. The Morgan fingerprint density at radius 2 is 1.44 bits per heavy atom. The van der Waals surface area contributed by atoms with Gasteiger partial charge in [-0.3, -0.25) is 0 Å². The van der Waals surface area contributed by atoms with Gasteiger partial charge in [0.2, 0.25) is 0 Å². The lowest BCUT2D eigenvalue weighted by atomic mass is 10.0. The molecule has 3 heterocycles. The molecule has 5 nitrogen and oxygen atoms in total. The van der Waals surface area contributed by atoms with Crippen molar-refractivity contribution in [1.82, 2.24) is 15.0 Å². The molecule has 0 aliphatic heterocycles. The van der Waals surface area contributed by atoms with Gasteiger partial charge in [-0.1, -0.05) is 36.4 Å². The molecule has 3 aromatic heterocycles. The highest BCUT2D eigenvalue weighted by Gasteiger charge is 2.12. The summed E-state index contributed by atoms with van der Waals surface area (Å²) in [4.78, 5) is 14.0. The zero-order chi connectivity index (χ0) is 18.6. The molecule has 0 amide bonds. The monoisotopic (exact) mass is 373 g/mol. The average Bonchev–Trinajstić information content (AvgIpc) is 3.24. The van der Waals surface area contributed by atoms with Crippen molar-refractivity contribution in [2.45, 2.75) is 13.1 Å². The van der Waals surface area contributed by atoms with Crippen LogP contribution in [-0.2, 0) is 13.1 Å². The predicted octanol–water partition coefficient (Wildman–Crippen LogP) is 3.85. The Hall–Kier alpha value is -2.93. The maximum absolute atomic E-state index is 5.87. The molecule has 0 bridgehead atoms. The molecule has 0 saturated carbocycles. The molecule has 0 aliphatic rings. The van der Waals surface area contributed by atoms with Crippen LogP contribution in [0.1, 0.15) is 11.4 Å². The zero-order valence-electron chi connectivity index (χ0n) is 14.7. The Bertz CT molecular complexity index is 1060. The molecule has 6 heteroatoms. The Labute approximate surface area is 161 Å². The second-order valence-corrected chi connectivity index (χ2v) is 6.92. The minimum Gasteiger partial charge on any atom is -0.325 e. The summed E-state index contributed by atoms with van der Waals surface area (Å²) in [5.41, 5.74) is 17.9. The SMILES string of the molecule is NCc1cccc(-c2csc(-c3cc(-c4ccccc4)cc(CN)n3)n2)n1. The number of hydrogen-bond acceptors (Lipinski definition) is 6. The van der Waals surface area contributed by atoms with Crippen molar-refractivity contribution < 1.29 is 0 Å². The summed E-state index contributed by atoms with van der Waals surface area (Å²) in [6.45, 7) is 0.789. The number of nitrogens with two attached hydrogens (primary N) is 2. The van der Waals surface area contributed by atoms with Gasteiger partial charge in [-0.2, -0.15) is 0 Å². The summed E-state index contributed by atoms with van der Waals surface area (Å²) in [6, 6.07) is 20.1. The Kier molecular flexibility index (Phi) is 5.02. The van der Waals surface area contributed by atoms with E-state index < -0.39 is 0 Å². The molecule has 134 valence electrons. The van der Waals surface area contributed by atoms with Gasteiger partial charge in [-0.05, 0) is 35.4 Å². The van der Waals surface area contributed by atoms with E-state index in [4.69, 9.17) is 16.5 Å². The molecular formula is C21H19N5S. The smallest absolute Gasteiger partial charge is 0.142 e. The average molecular weight is 373 g/mol. The lowest BCUT2D eigenvalue weighted by molar-refractivity contribution is 0.989. The molecule has 4 N–H and O–H groups in total. The van der Waals surface area contributed by atoms with E-state index in [2.05, 4.69) is 28.2 Å². The van der Waals surface area contributed by atoms with Gasteiger partial charge in [0.1, 0.15) is 10.7 Å². The van der Waals surface area contributed by atoms with Gasteiger partial charge < -0.3 is 11.5 Å². The lowest BCUT2D eigenvalue weighted by Crippen LogP contribution is -2.01. The first-order valence-corrected chi connectivity index (χ1v) is 9.53. The maximum atomic E-state index is 5.87. The van der Waals surface area contributed by atoms with Crippen LogP contribution in [0.15, 0.2) is 66.0 Å². The van der Waals surface area contributed by atoms with Crippen molar-refractivity contribution in [1.29, 1.82) is 0 Å². The second-order valence-electron chi connectivity index (χ2n) is 6.06. The number of pyridine rings is 2. The molecular weight excluding hydrogens is 354 g/mol. The first kappa shape index (κ1) is 17.5. The highest BCUT2D eigenvalue weighted by molar-refractivity contribution is 7.13. The Morgan fingerprint density at radius 3 is 2.22 bits per heavy atom. The van der Waals surface area contributed by atoms with Crippen LogP contribution in [-0.4, -0.2) is 15.0 Å². The van der Waals surface area contributed by atoms with Gasteiger partial charge in [0.15, 0.2) is 0 Å². The lowest BCUT2D eigenvalue weighted by Gasteiger charge is -2.07. The summed E-state index contributed by atoms with van der Waals surface area (Å²) >= 11 is 1.55. The van der Waals surface area contributed by atoms with E-state index in [9.17, 15) is 0 Å². The molecule has 4 aromatic rings. The standard InChI is InChI=1S/C21H19N5S/c22-11-16-7-4-8-18(24-16)20-13-27-21(26-20)19-10-15(9-17(12-23)25-19)14-5-2-1-3-6-14/h1-10,13H,11-12,22-23H2. The fourth-order valence-corrected chi connectivity index (χ4v) is 3.62. The van der Waals surface area contributed by atoms with E-state index in [0.29, 0.717) is 13.1 Å². The molecule has 0 atom stereocenters. The fraction of sp³-hybridized carbons (Fsp3) is 0.0952.